The summed E-state index contributed by atoms with van der Waals surface area (Å²) in [7, 11) is -3.68. The number of rotatable bonds is 4. The van der Waals surface area contributed by atoms with Gasteiger partial charge in [-0.05, 0) is 41.5 Å². The van der Waals surface area contributed by atoms with Crippen molar-refractivity contribution in [1.29, 1.82) is 0 Å². The zero-order valence-electron chi connectivity index (χ0n) is 13.7. The Morgan fingerprint density at radius 3 is 2.81 bits per heavy atom. The summed E-state index contributed by atoms with van der Waals surface area (Å²) in [6.07, 6.45) is 0.643. The molecule has 3 aromatic rings. The number of sulfonamides is 1. The van der Waals surface area contributed by atoms with E-state index in [4.69, 9.17) is 5.11 Å². The molecule has 4 rings (SSSR count). The van der Waals surface area contributed by atoms with Gasteiger partial charge in [-0.25, -0.2) is 12.8 Å². The van der Waals surface area contributed by atoms with E-state index in [-0.39, 0.29) is 23.8 Å². The van der Waals surface area contributed by atoms with Crippen LogP contribution in [-0.2, 0) is 16.6 Å². The second-order valence-corrected chi connectivity index (χ2v) is 8.26. The molecule has 0 aliphatic carbocycles. The zero-order valence-corrected chi connectivity index (χ0v) is 14.5. The first kappa shape index (κ1) is 17.2. The van der Waals surface area contributed by atoms with Crippen LogP contribution in [0.1, 0.15) is 5.56 Å². The Hall–Kier alpha value is -2.26. The van der Waals surface area contributed by atoms with Crippen molar-refractivity contribution in [3.05, 3.63) is 54.0 Å². The second kappa shape index (κ2) is 6.17. The Bertz CT molecular complexity index is 1090. The number of aliphatic hydroxyl groups is 2. The third-order valence-corrected chi connectivity index (χ3v) is 6.52. The molecule has 0 radical (unpaired) electrons. The van der Waals surface area contributed by atoms with E-state index in [1.807, 2.05) is 0 Å². The molecule has 1 aromatic heterocycles. The molecule has 0 fully saturated rings. The minimum atomic E-state index is -3.68. The standard InChI is InChI=1S/C18H17FN2O4S/c19-13-2-3-15-16(7-20-17(15)6-13)11-1-4-18-12(5-11)8-21(26(18,24)25)9-14(23)10-22/h1-7,14,20,22-23H,8-10H2/t14-/m1/s1. The lowest BCUT2D eigenvalue weighted by molar-refractivity contribution is 0.0785. The van der Waals surface area contributed by atoms with E-state index >= 15 is 0 Å². The van der Waals surface area contributed by atoms with Crippen molar-refractivity contribution < 1.29 is 23.0 Å². The molecule has 3 N–H and O–H groups in total. The van der Waals surface area contributed by atoms with Gasteiger partial charge in [-0.1, -0.05) is 6.07 Å². The van der Waals surface area contributed by atoms with E-state index in [0.717, 1.165) is 20.8 Å². The average Bonchev–Trinajstić information content (AvgIpc) is 3.13. The van der Waals surface area contributed by atoms with Crippen molar-refractivity contribution >= 4 is 20.9 Å². The monoisotopic (exact) mass is 376 g/mol. The molecule has 2 aromatic carbocycles. The summed E-state index contributed by atoms with van der Waals surface area (Å²) < 4.78 is 39.7. The smallest absolute Gasteiger partial charge is 0.243 e. The fraction of sp³-hybridized carbons (Fsp3) is 0.222. The highest BCUT2D eigenvalue weighted by atomic mass is 32.2. The zero-order chi connectivity index (χ0) is 18.5. The topological polar surface area (TPSA) is 93.6 Å². The molecule has 1 atom stereocenters. The van der Waals surface area contributed by atoms with Gasteiger partial charge in [-0.2, -0.15) is 4.31 Å². The minimum Gasteiger partial charge on any atom is -0.394 e. The summed E-state index contributed by atoms with van der Waals surface area (Å²) in [4.78, 5) is 3.23. The molecular formula is C18H17FN2O4S. The number of halogens is 1. The molecule has 0 bridgehead atoms. The van der Waals surface area contributed by atoms with Crippen LogP contribution < -0.4 is 0 Å². The predicted molar refractivity (Wildman–Crippen MR) is 94.4 cm³/mol. The highest BCUT2D eigenvalue weighted by Gasteiger charge is 2.35. The first-order chi connectivity index (χ1) is 12.4. The van der Waals surface area contributed by atoms with E-state index in [1.165, 1.54) is 12.1 Å². The van der Waals surface area contributed by atoms with Crippen molar-refractivity contribution in [3.8, 4) is 11.1 Å². The first-order valence-corrected chi connectivity index (χ1v) is 9.53. The predicted octanol–water partition coefficient (Wildman–Crippen LogP) is 1.83. The molecule has 26 heavy (non-hydrogen) atoms. The number of aromatic amines is 1. The molecule has 6 nitrogen and oxygen atoms in total. The van der Waals surface area contributed by atoms with Gasteiger partial charge < -0.3 is 15.2 Å². The lowest BCUT2D eigenvalue weighted by atomic mass is 10.0. The van der Waals surface area contributed by atoms with Crippen LogP contribution in [0.5, 0.6) is 0 Å². The number of nitrogens with zero attached hydrogens (tertiary/aromatic N) is 1. The fourth-order valence-electron chi connectivity index (χ4n) is 3.33. The molecular weight excluding hydrogens is 359 g/mol. The van der Waals surface area contributed by atoms with E-state index in [0.29, 0.717) is 11.1 Å². The highest BCUT2D eigenvalue weighted by molar-refractivity contribution is 7.89. The number of fused-ring (bicyclic) bond motifs is 2. The summed E-state index contributed by atoms with van der Waals surface area (Å²) in [6, 6.07) is 9.54. The summed E-state index contributed by atoms with van der Waals surface area (Å²) in [5.41, 5.74) is 2.97. The molecule has 0 saturated carbocycles. The lowest BCUT2D eigenvalue weighted by Gasteiger charge is -2.17. The van der Waals surface area contributed by atoms with Crippen LogP contribution in [0.3, 0.4) is 0 Å². The van der Waals surface area contributed by atoms with Crippen molar-refractivity contribution in [2.75, 3.05) is 13.2 Å². The molecule has 0 unspecified atom stereocenters. The van der Waals surface area contributed by atoms with Gasteiger partial charge in [0.25, 0.3) is 0 Å². The summed E-state index contributed by atoms with van der Waals surface area (Å²) >= 11 is 0. The number of β-amino-alcohol motifs (C(OH)–C–C–N with tert-alkyl or cyclic N) is 1. The highest BCUT2D eigenvalue weighted by Crippen LogP contribution is 2.36. The molecule has 0 spiro atoms. The van der Waals surface area contributed by atoms with Gasteiger partial charge in [-0.15, -0.1) is 0 Å². The number of H-pyrrole nitrogens is 1. The third kappa shape index (κ3) is 2.71. The van der Waals surface area contributed by atoms with Crippen molar-refractivity contribution in [2.24, 2.45) is 0 Å². The maximum Gasteiger partial charge on any atom is 0.243 e. The number of benzene rings is 2. The van der Waals surface area contributed by atoms with Gasteiger partial charge in [0.15, 0.2) is 0 Å². The van der Waals surface area contributed by atoms with E-state index in [1.54, 1.807) is 30.5 Å². The molecule has 0 amide bonds. The number of hydrogen-bond donors (Lipinski definition) is 3. The molecule has 1 aliphatic heterocycles. The summed E-state index contributed by atoms with van der Waals surface area (Å²) in [5, 5.41) is 19.4. The Balaban J connectivity index is 1.74. The van der Waals surface area contributed by atoms with E-state index < -0.39 is 22.7 Å². The summed E-state index contributed by atoms with van der Waals surface area (Å²) in [6.45, 7) is -0.520. The molecule has 0 saturated heterocycles. The molecule has 2 heterocycles. The minimum absolute atomic E-state index is 0.138. The van der Waals surface area contributed by atoms with Crippen LogP contribution >= 0.6 is 0 Å². The van der Waals surface area contributed by atoms with E-state index in [2.05, 4.69) is 4.98 Å². The molecule has 136 valence electrons. The van der Waals surface area contributed by atoms with Crippen LogP contribution in [0.15, 0.2) is 47.5 Å². The number of nitrogens with one attached hydrogen (secondary N) is 1. The van der Waals surface area contributed by atoms with Crippen LogP contribution in [-0.4, -0.2) is 47.2 Å². The number of aliphatic hydroxyl groups excluding tert-OH is 2. The average molecular weight is 376 g/mol. The van der Waals surface area contributed by atoms with Crippen LogP contribution in [0.25, 0.3) is 22.0 Å². The Morgan fingerprint density at radius 1 is 1.23 bits per heavy atom. The molecule has 1 aliphatic rings. The molecule has 8 heteroatoms. The van der Waals surface area contributed by atoms with Crippen molar-refractivity contribution in [2.45, 2.75) is 17.5 Å². The van der Waals surface area contributed by atoms with Crippen molar-refractivity contribution in [1.82, 2.24) is 9.29 Å². The van der Waals surface area contributed by atoms with Crippen LogP contribution in [0.4, 0.5) is 4.39 Å². The SMILES string of the molecule is O=S1(=O)c2ccc(-c3c[nH]c4cc(F)ccc34)cc2CN1C[C@@H](O)CO. The van der Waals surface area contributed by atoms with Gasteiger partial charge in [-0.3, -0.25) is 0 Å². The second-order valence-electron chi connectivity index (χ2n) is 6.35. The van der Waals surface area contributed by atoms with Crippen LogP contribution in [0, 0.1) is 5.82 Å². The Kier molecular flexibility index (Phi) is 4.07. The van der Waals surface area contributed by atoms with Gasteiger partial charge in [0, 0.05) is 35.8 Å². The largest absolute Gasteiger partial charge is 0.394 e. The summed E-state index contributed by atoms with van der Waals surface area (Å²) in [5.74, 6) is -0.330. The fourth-order valence-corrected chi connectivity index (χ4v) is 4.98. The first-order valence-electron chi connectivity index (χ1n) is 8.09. The Morgan fingerprint density at radius 2 is 2.04 bits per heavy atom. The van der Waals surface area contributed by atoms with Gasteiger partial charge in [0.05, 0.1) is 17.6 Å². The number of aromatic nitrogens is 1. The lowest BCUT2D eigenvalue weighted by Crippen LogP contribution is -2.34. The van der Waals surface area contributed by atoms with Gasteiger partial charge in [0.1, 0.15) is 5.82 Å². The number of hydrogen-bond acceptors (Lipinski definition) is 4. The van der Waals surface area contributed by atoms with Gasteiger partial charge >= 0.3 is 0 Å². The van der Waals surface area contributed by atoms with E-state index in [9.17, 15) is 17.9 Å². The van der Waals surface area contributed by atoms with Gasteiger partial charge in [0.2, 0.25) is 10.0 Å². The van der Waals surface area contributed by atoms with Crippen molar-refractivity contribution in [3.63, 3.8) is 0 Å². The third-order valence-electron chi connectivity index (χ3n) is 4.60. The normalized spacial score (nSPS) is 17.5. The Labute approximate surface area is 149 Å². The maximum atomic E-state index is 13.4. The maximum absolute atomic E-state index is 13.4. The van der Waals surface area contributed by atoms with Crippen LogP contribution in [0.2, 0.25) is 0 Å². The quantitative estimate of drug-likeness (QED) is 0.648.